The lowest BCUT2D eigenvalue weighted by Crippen LogP contribution is -2.34. The Kier molecular flexibility index (Phi) is 3.45. The first-order valence-corrected chi connectivity index (χ1v) is 7.36. The van der Waals surface area contributed by atoms with Gasteiger partial charge in [-0.1, -0.05) is 12.1 Å². The number of benzene rings is 1. The zero-order valence-electron chi connectivity index (χ0n) is 11.3. The molecule has 1 amide bonds. The summed E-state index contributed by atoms with van der Waals surface area (Å²) in [4.78, 5) is 12.2. The van der Waals surface area contributed by atoms with Crippen molar-refractivity contribution in [3.05, 3.63) is 29.8 Å². The van der Waals surface area contributed by atoms with Gasteiger partial charge in [-0.25, -0.2) is 0 Å². The Hall–Kier alpha value is -1.51. The van der Waals surface area contributed by atoms with Gasteiger partial charge in [-0.05, 0) is 61.6 Å². The predicted molar refractivity (Wildman–Crippen MR) is 76.5 cm³/mol. The van der Waals surface area contributed by atoms with Crippen LogP contribution >= 0.6 is 0 Å². The largest absolute Gasteiger partial charge is 0.399 e. The summed E-state index contributed by atoms with van der Waals surface area (Å²) in [6.45, 7) is 0.735. The number of hydrogen-bond acceptors (Lipinski definition) is 2. The van der Waals surface area contributed by atoms with Crippen molar-refractivity contribution < 1.29 is 4.79 Å². The minimum atomic E-state index is 0.292. The minimum absolute atomic E-state index is 0.292. The lowest BCUT2D eigenvalue weighted by Gasteiger charge is -2.15. The van der Waals surface area contributed by atoms with E-state index < -0.39 is 0 Å². The minimum Gasteiger partial charge on any atom is -0.399 e. The summed E-state index contributed by atoms with van der Waals surface area (Å²) in [6.07, 6.45) is 5.91. The number of anilines is 1. The number of hydrogen-bond donors (Lipinski definition) is 2. The summed E-state index contributed by atoms with van der Waals surface area (Å²) < 4.78 is 0. The maximum Gasteiger partial charge on any atom is 0.223 e. The molecule has 0 atom stereocenters. The highest BCUT2D eigenvalue weighted by molar-refractivity contribution is 5.80. The van der Waals surface area contributed by atoms with Crippen LogP contribution in [0.5, 0.6) is 0 Å². The lowest BCUT2D eigenvalue weighted by atomic mass is 9.97. The molecule has 2 saturated carbocycles. The molecule has 2 fully saturated rings. The second kappa shape index (κ2) is 5.24. The van der Waals surface area contributed by atoms with Crippen LogP contribution in [0.2, 0.25) is 0 Å². The number of nitrogen functional groups attached to an aromatic ring is 1. The third-order valence-corrected chi connectivity index (χ3v) is 4.26. The number of carbonyl (C=O) groups is 1. The molecular formula is C16H22N2O. The lowest BCUT2D eigenvalue weighted by molar-refractivity contribution is -0.126. The molecular weight excluding hydrogens is 236 g/mol. The van der Waals surface area contributed by atoms with E-state index in [1.54, 1.807) is 0 Å². The summed E-state index contributed by atoms with van der Waals surface area (Å²) >= 11 is 0. The molecule has 0 aromatic heterocycles. The Labute approximate surface area is 114 Å². The highest BCUT2D eigenvalue weighted by Crippen LogP contribution is 2.49. The smallest absolute Gasteiger partial charge is 0.223 e. The van der Waals surface area contributed by atoms with Crippen LogP contribution in [0.4, 0.5) is 5.69 Å². The second-order valence-corrected chi connectivity index (χ2v) is 5.98. The molecule has 0 saturated heterocycles. The highest BCUT2D eigenvalue weighted by atomic mass is 16.1. The first-order chi connectivity index (χ1) is 9.24. The van der Waals surface area contributed by atoms with Gasteiger partial charge in [0.1, 0.15) is 0 Å². The Bertz CT molecular complexity index is 434. The third-order valence-electron chi connectivity index (χ3n) is 4.26. The Balaban J connectivity index is 1.46. The van der Waals surface area contributed by atoms with Crippen molar-refractivity contribution in [2.24, 2.45) is 17.8 Å². The van der Waals surface area contributed by atoms with Crippen LogP contribution < -0.4 is 11.1 Å². The van der Waals surface area contributed by atoms with E-state index in [2.05, 4.69) is 5.32 Å². The molecule has 3 heteroatoms. The van der Waals surface area contributed by atoms with Gasteiger partial charge in [0.05, 0.1) is 0 Å². The second-order valence-electron chi connectivity index (χ2n) is 5.98. The average molecular weight is 258 g/mol. The maximum atomic E-state index is 12.2. The van der Waals surface area contributed by atoms with Crippen molar-refractivity contribution in [2.75, 3.05) is 12.3 Å². The van der Waals surface area contributed by atoms with E-state index in [-0.39, 0.29) is 0 Å². The number of amides is 1. The van der Waals surface area contributed by atoms with Gasteiger partial charge in [0.25, 0.3) is 0 Å². The van der Waals surface area contributed by atoms with E-state index >= 15 is 0 Å². The van der Waals surface area contributed by atoms with Crippen molar-refractivity contribution in [1.29, 1.82) is 0 Å². The van der Waals surface area contributed by atoms with Crippen LogP contribution in [0.15, 0.2) is 24.3 Å². The molecule has 3 N–H and O–H groups in total. The summed E-state index contributed by atoms with van der Waals surface area (Å²) in [6, 6.07) is 7.88. The standard InChI is InChI=1S/C16H22N2O/c17-14-7-1-11(2-8-14)9-10-18-16(19)15(12-3-4-12)13-5-6-13/h1-2,7-8,12-13,15H,3-6,9-10,17H2,(H,18,19). The van der Waals surface area contributed by atoms with E-state index in [1.807, 2.05) is 24.3 Å². The SMILES string of the molecule is Nc1ccc(CCNC(=O)C(C2CC2)C2CC2)cc1. The van der Waals surface area contributed by atoms with E-state index in [1.165, 1.54) is 31.2 Å². The summed E-state index contributed by atoms with van der Waals surface area (Å²) in [5, 5.41) is 3.12. The molecule has 1 aromatic carbocycles. The molecule has 19 heavy (non-hydrogen) atoms. The average Bonchev–Trinajstić information content (AvgIpc) is 3.25. The van der Waals surface area contributed by atoms with Gasteiger partial charge < -0.3 is 11.1 Å². The number of carbonyl (C=O) groups excluding carboxylic acids is 1. The first-order valence-electron chi connectivity index (χ1n) is 7.36. The van der Waals surface area contributed by atoms with Crippen LogP contribution in [0.25, 0.3) is 0 Å². The predicted octanol–water partition coefficient (Wildman–Crippen LogP) is 2.36. The molecule has 2 aliphatic carbocycles. The fraction of sp³-hybridized carbons (Fsp3) is 0.562. The number of nitrogens with two attached hydrogens (primary N) is 1. The van der Waals surface area contributed by atoms with E-state index in [4.69, 9.17) is 5.73 Å². The molecule has 0 radical (unpaired) electrons. The fourth-order valence-electron chi connectivity index (χ4n) is 2.86. The topological polar surface area (TPSA) is 55.1 Å². The molecule has 2 aliphatic rings. The van der Waals surface area contributed by atoms with Gasteiger partial charge in [-0.3, -0.25) is 4.79 Å². The van der Waals surface area contributed by atoms with Crippen molar-refractivity contribution >= 4 is 11.6 Å². The quantitative estimate of drug-likeness (QED) is 0.770. The van der Waals surface area contributed by atoms with Crippen LogP contribution in [0.1, 0.15) is 31.2 Å². The van der Waals surface area contributed by atoms with Crippen molar-refractivity contribution in [3.8, 4) is 0 Å². The molecule has 0 spiro atoms. The fourth-order valence-corrected chi connectivity index (χ4v) is 2.86. The van der Waals surface area contributed by atoms with Crippen molar-refractivity contribution in [1.82, 2.24) is 5.32 Å². The highest BCUT2D eigenvalue weighted by Gasteiger charge is 2.45. The van der Waals surface area contributed by atoms with Gasteiger partial charge in [0, 0.05) is 18.2 Å². The van der Waals surface area contributed by atoms with Gasteiger partial charge >= 0.3 is 0 Å². The molecule has 1 aromatic rings. The summed E-state index contributed by atoms with van der Waals surface area (Å²) in [7, 11) is 0. The monoisotopic (exact) mass is 258 g/mol. The maximum absolute atomic E-state index is 12.2. The molecule has 0 aliphatic heterocycles. The Morgan fingerprint density at radius 2 is 1.74 bits per heavy atom. The van der Waals surface area contributed by atoms with E-state index in [0.29, 0.717) is 23.7 Å². The molecule has 3 rings (SSSR count). The molecule has 3 nitrogen and oxygen atoms in total. The number of nitrogens with one attached hydrogen (secondary N) is 1. The Morgan fingerprint density at radius 1 is 1.16 bits per heavy atom. The zero-order valence-corrected chi connectivity index (χ0v) is 11.3. The molecule has 0 bridgehead atoms. The van der Waals surface area contributed by atoms with E-state index in [9.17, 15) is 4.79 Å². The van der Waals surface area contributed by atoms with Crippen LogP contribution in [0, 0.1) is 17.8 Å². The van der Waals surface area contributed by atoms with Crippen molar-refractivity contribution in [3.63, 3.8) is 0 Å². The third kappa shape index (κ3) is 3.28. The molecule has 0 heterocycles. The van der Waals surface area contributed by atoms with Gasteiger partial charge in [-0.15, -0.1) is 0 Å². The van der Waals surface area contributed by atoms with Crippen LogP contribution in [-0.2, 0) is 11.2 Å². The first kappa shape index (κ1) is 12.5. The molecule has 102 valence electrons. The van der Waals surface area contributed by atoms with Crippen LogP contribution in [-0.4, -0.2) is 12.5 Å². The van der Waals surface area contributed by atoms with Crippen LogP contribution in [0.3, 0.4) is 0 Å². The summed E-state index contributed by atoms with van der Waals surface area (Å²) in [5.74, 6) is 1.97. The zero-order chi connectivity index (χ0) is 13.2. The van der Waals surface area contributed by atoms with Gasteiger partial charge in [0.15, 0.2) is 0 Å². The Morgan fingerprint density at radius 3 is 2.26 bits per heavy atom. The van der Waals surface area contributed by atoms with Crippen molar-refractivity contribution in [2.45, 2.75) is 32.1 Å². The number of rotatable bonds is 6. The normalized spacial score (nSPS) is 18.6. The molecule has 0 unspecified atom stereocenters. The van der Waals surface area contributed by atoms with Gasteiger partial charge in [-0.2, -0.15) is 0 Å². The van der Waals surface area contributed by atoms with Gasteiger partial charge in [0.2, 0.25) is 5.91 Å². The summed E-state index contributed by atoms with van der Waals surface area (Å²) in [5.41, 5.74) is 7.67. The van der Waals surface area contributed by atoms with E-state index in [0.717, 1.165) is 18.7 Å².